The van der Waals surface area contributed by atoms with Crippen LogP contribution in [0.25, 0.3) is 16.3 Å². The summed E-state index contributed by atoms with van der Waals surface area (Å²) in [7, 11) is -1.96. The number of imidazole rings is 1. The molecule has 3 aromatic heterocycles. The number of nitrogens with one attached hydrogen (secondary N) is 1. The Hall–Kier alpha value is -2.63. The largest absolute Gasteiger partial charge is 0.339 e. The highest BCUT2D eigenvalue weighted by Gasteiger charge is 2.18. The maximum absolute atomic E-state index is 13.9. The zero-order chi connectivity index (χ0) is 19.0. The van der Waals surface area contributed by atoms with Crippen molar-refractivity contribution in [2.24, 2.45) is 7.05 Å². The molecule has 0 aliphatic heterocycles. The molecule has 1 N–H and O–H groups in total. The van der Waals surface area contributed by atoms with E-state index in [1.807, 2.05) is 5.38 Å². The molecule has 0 unspecified atom stereocenters. The molecule has 1 aromatic carbocycles. The molecule has 3 heterocycles. The Balaban J connectivity index is 1.51. The third-order valence-corrected chi connectivity index (χ3v) is 6.10. The number of thiazole rings is 1. The number of fused-ring (bicyclic) bond motifs is 1. The van der Waals surface area contributed by atoms with Crippen molar-refractivity contribution < 1.29 is 12.8 Å². The van der Waals surface area contributed by atoms with Crippen LogP contribution in [-0.4, -0.2) is 39.1 Å². The Morgan fingerprint density at radius 1 is 1.30 bits per heavy atom. The Bertz CT molecular complexity index is 1210. The van der Waals surface area contributed by atoms with E-state index in [1.54, 1.807) is 34.3 Å². The molecule has 0 radical (unpaired) electrons. The molecule has 0 atom stereocenters. The zero-order valence-corrected chi connectivity index (χ0v) is 15.8. The van der Waals surface area contributed by atoms with E-state index in [2.05, 4.69) is 19.8 Å². The van der Waals surface area contributed by atoms with Crippen LogP contribution in [0.2, 0.25) is 0 Å². The average Bonchev–Trinajstić information content (AvgIpc) is 3.32. The van der Waals surface area contributed by atoms with Gasteiger partial charge in [0.25, 0.3) is 10.0 Å². The summed E-state index contributed by atoms with van der Waals surface area (Å²) >= 11 is 1.37. The van der Waals surface area contributed by atoms with E-state index >= 15 is 0 Å². The summed E-state index contributed by atoms with van der Waals surface area (Å²) in [6, 6.07) is 6.31. The first-order chi connectivity index (χ1) is 12.9. The molecular weight excluding hydrogens is 391 g/mol. The topological polar surface area (TPSA) is 94.2 Å². The number of aromatic nitrogens is 5. The highest BCUT2D eigenvalue weighted by Crippen LogP contribution is 2.23. The van der Waals surface area contributed by atoms with Gasteiger partial charge >= 0.3 is 0 Å². The third kappa shape index (κ3) is 3.48. The lowest BCUT2D eigenvalue weighted by molar-refractivity contribution is 0.577. The maximum Gasteiger partial charge on any atom is 0.259 e. The molecule has 0 saturated heterocycles. The summed E-state index contributed by atoms with van der Waals surface area (Å²) in [5, 5.41) is 6.20. The number of hydrogen-bond donors (Lipinski definition) is 1. The fraction of sp³-hybridized carbons (Fsp3) is 0.188. The molecule has 0 aliphatic rings. The van der Waals surface area contributed by atoms with Crippen molar-refractivity contribution in [3.05, 3.63) is 53.7 Å². The third-order valence-electron chi connectivity index (χ3n) is 3.89. The van der Waals surface area contributed by atoms with Crippen LogP contribution in [0.15, 0.2) is 47.2 Å². The number of hydrogen-bond acceptors (Lipinski definition) is 6. The number of nitrogens with zero attached hydrogens (tertiary/aromatic N) is 5. The Morgan fingerprint density at radius 3 is 2.85 bits per heavy atom. The molecule has 0 bridgehead atoms. The normalized spacial score (nSPS) is 12.1. The second-order valence-electron chi connectivity index (χ2n) is 5.86. The minimum atomic E-state index is -3.66. The predicted octanol–water partition coefficient (Wildman–Crippen LogP) is 1.85. The highest BCUT2D eigenvalue weighted by molar-refractivity contribution is 7.89. The van der Waals surface area contributed by atoms with Crippen LogP contribution in [0.1, 0.15) is 5.69 Å². The fourth-order valence-corrected chi connectivity index (χ4v) is 4.43. The summed E-state index contributed by atoms with van der Waals surface area (Å²) in [4.78, 5) is 8.82. The summed E-state index contributed by atoms with van der Waals surface area (Å²) in [6.45, 7) is 0.180. The quantitative estimate of drug-likeness (QED) is 0.527. The van der Waals surface area contributed by atoms with E-state index in [0.717, 1.165) is 5.69 Å². The van der Waals surface area contributed by atoms with E-state index in [4.69, 9.17) is 0 Å². The summed E-state index contributed by atoms with van der Waals surface area (Å²) < 4.78 is 44.0. The van der Waals surface area contributed by atoms with Crippen molar-refractivity contribution >= 4 is 26.3 Å². The fourth-order valence-electron chi connectivity index (χ4n) is 2.57. The molecule has 8 nitrogen and oxygen atoms in total. The summed E-state index contributed by atoms with van der Waals surface area (Å²) in [5.41, 5.74) is 1.11. The highest BCUT2D eigenvalue weighted by atomic mass is 32.2. The minimum Gasteiger partial charge on any atom is -0.339 e. The van der Waals surface area contributed by atoms with Gasteiger partial charge in [-0.25, -0.2) is 27.0 Å². The van der Waals surface area contributed by atoms with Gasteiger partial charge in [-0.2, -0.15) is 4.98 Å². The Kier molecular flexibility index (Phi) is 4.50. The number of sulfonamides is 1. The SMILES string of the molecule is Cn1cnc(S(=O)(=O)NCCc2csc3nc(-c4ccccc4F)nn23)c1. The first-order valence-electron chi connectivity index (χ1n) is 8.00. The van der Waals surface area contributed by atoms with Gasteiger partial charge in [-0.3, -0.25) is 0 Å². The van der Waals surface area contributed by atoms with Crippen LogP contribution in [0.5, 0.6) is 0 Å². The molecular formula is C16H15FN6O2S2. The monoisotopic (exact) mass is 406 g/mol. The van der Waals surface area contributed by atoms with Crippen LogP contribution >= 0.6 is 11.3 Å². The van der Waals surface area contributed by atoms with Crippen LogP contribution < -0.4 is 4.72 Å². The van der Waals surface area contributed by atoms with E-state index in [9.17, 15) is 12.8 Å². The van der Waals surface area contributed by atoms with Crippen molar-refractivity contribution in [3.63, 3.8) is 0 Å². The van der Waals surface area contributed by atoms with E-state index in [0.29, 0.717) is 22.8 Å². The number of aryl methyl sites for hydroxylation is 1. The Labute approximate surface area is 158 Å². The molecule has 0 aliphatic carbocycles. The van der Waals surface area contributed by atoms with Gasteiger partial charge in [0.15, 0.2) is 10.9 Å². The van der Waals surface area contributed by atoms with Gasteiger partial charge in [-0.05, 0) is 12.1 Å². The maximum atomic E-state index is 13.9. The van der Waals surface area contributed by atoms with Crippen molar-refractivity contribution in [2.75, 3.05) is 6.54 Å². The van der Waals surface area contributed by atoms with E-state index in [1.165, 1.54) is 29.9 Å². The van der Waals surface area contributed by atoms with E-state index in [-0.39, 0.29) is 17.4 Å². The molecule has 0 spiro atoms. The van der Waals surface area contributed by atoms with Gasteiger partial charge in [-0.1, -0.05) is 12.1 Å². The minimum absolute atomic E-state index is 0.0249. The van der Waals surface area contributed by atoms with Crippen LogP contribution in [0, 0.1) is 5.82 Å². The Morgan fingerprint density at radius 2 is 2.11 bits per heavy atom. The van der Waals surface area contributed by atoms with Gasteiger partial charge in [0.1, 0.15) is 5.82 Å². The van der Waals surface area contributed by atoms with Gasteiger partial charge in [0.2, 0.25) is 4.96 Å². The van der Waals surface area contributed by atoms with Crippen LogP contribution in [0.4, 0.5) is 4.39 Å². The molecule has 11 heteroatoms. The molecule has 0 saturated carbocycles. The first-order valence-corrected chi connectivity index (χ1v) is 10.4. The second-order valence-corrected chi connectivity index (χ2v) is 8.41. The van der Waals surface area contributed by atoms with Crippen molar-refractivity contribution in [3.8, 4) is 11.4 Å². The molecule has 4 aromatic rings. The van der Waals surface area contributed by atoms with Crippen molar-refractivity contribution in [1.82, 2.24) is 28.9 Å². The zero-order valence-electron chi connectivity index (χ0n) is 14.2. The van der Waals surface area contributed by atoms with Gasteiger partial charge in [-0.15, -0.1) is 16.4 Å². The van der Waals surface area contributed by atoms with Gasteiger partial charge in [0.05, 0.1) is 17.6 Å². The van der Waals surface area contributed by atoms with Crippen molar-refractivity contribution in [1.29, 1.82) is 0 Å². The molecule has 4 rings (SSSR count). The smallest absolute Gasteiger partial charge is 0.259 e. The molecule has 0 amide bonds. The molecule has 140 valence electrons. The van der Waals surface area contributed by atoms with E-state index < -0.39 is 10.0 Å². The second kappa shape index (κ2) is 6.83. The predicted molar refractivity (Wildman–Crippen MR) is 98.4 cm³/mol. The number of rotatable bonds is 6. The van der Waals surface area contributed by atoms with Gasteiger partial charge in [0, 0.05) is 31.6 Å². The van der Waals surface area contributed by atoms with Crippen LogP contribution in [-0.2, 0) is 23.5 Å². The number of halogens is 1. The standard InChI is InChI=1S/C16H15FN6O2S2/c1-22-8-14(18-10-22)27(24,25)19-7-6-11-9-26-16-20-15(21-23(11)16)12-4-2-3-5-13(12)17/h2-5,8-10,19H,6-7H2,1H3. The van der Waals surface area contributed by atoms with Crippen LogP contribution in [0.3, 0.4) is 0 Å². The molecule has 27 heavy (non-hydrogen) atoms. The number of benzene rings is 1. The lowest BCUT2D eigenvalue weighted by Gasteiger charge is -2.03. The average molecular weight is 406 g/mol. The lowest BCUT2D eigenvalue weighted by atomic mass is 10.2. The molecule has 0 fully saturated rings. The summed E-state index contributed by atoms with van der Waals surface area (Å²) in [5.74, 6) is -0.0873. The summed E-state index contributed by atoms with van der Waals surface area (Å²) in [6.07, 6.45) is 3.27. The lowest BCUT2D eigenvalue weighted by Crippen LogP contribution is -2.26. The van der Waals surface area contributed by atoms with Gasteiger partial charge < -0.3 is 4.57 Å². The first kappa shape index (κ1) is 17.8. The van der Waals surface area contributed by atoms with Crippen molar-refractivity contribution in [2.45, 2.75) is 11.4 Å².